The summed E-state index contributed by atoms with van der Waals surface area (Å²) in [5.41, 5.74) is -0.0923. The van der Waals surface area contributed by atoms with E-state index in [-0.39, 0.29) is 11.9 Å². The van der Waals surface area contributed by atoms with Crippen LogP contribution in [0, 0.1) is 6.92 Å². The number of aromatic nitrogens is 3. The molecule has 1 atom stereocenters. The van der Waals surface area contributed by atoms with Crippen LogP contribution in [0.2, 0.25) is 0 Å². The number of nitrogens with one attached hydrogen (secondary N) is 1. The molecular formula is C28H26N4O6. The molecule has 1 heterocycles. The lowest BCUT2D eigenvalue weighted by atomic mass is 9.77. The zero-order chi connectivity index (χ0) is 27.1. The summed E-state index contributed by atoms with van der Waals surface area (Å²) in [6, 6.07) is 23.6. The van der Waals surface area contributed by atoms with Crippen LogP contribution in [0.15, 0.2) is 84.9 Å². The Morgan fingerprint density at radius 1 is 0.842 bits per heavy atom. The zero-order valence-electron chi connectivity index (χ0n) is 21.0. The lowest BCUT2D eigenvalue weighted by molar-refractivity contribution is -0.149. The molecule has 10 nitrogen and oxygen atoms in total. The second-order valence-corrected chi connectivity index (χ2v) is 8.25. The van der Waals surface area contributed by atoms with Gasteiger partial charge in [-0.05, 0) is 42.3 Å². The standard InChI is InChI=1S/C28H26N4O6/c1-18-25(37-3)29-27(32-31-18)38-23(26(34)35)28(20-10-6-4-7-11-20,21-12-8-5-9-13-21)30-24(33)19-14-16-22(36-2)17-15-19/h4-17,23H,1-3H3,(H,30,33)(H,34,35). The fraction of sp³-hybridized carbons (Fsp3) is 0.179. The number of hydrogen-bond acceptors (Lipinski definition) is 8. The Bertz CT molecular complexity index is 1360. The Morgan fingerprint density at radius 3 is 1.92 bits per heavy atom. The minimum absolute atomic E-state index is 0.131. The molecule has 0 saturated carbocycles. The monoisotopic (exact) mass is 514 g/mol. The van der Waals surface area contributed by atoms with Gasteiger partial charge in [-0.15, -0.1) is 5.10 Å². The number of benzene rings is 3. The van der Waals surface area contributed by atoms with Crippen LogP contribution in [-0.2, 0) is 10.3 Å². The Morgan fingerprint density at radius 2 is 1.42 bits per heavy atom. The molecule has 38 heavy (non-hydrogen) atoms. The molecule has 4 rings (SSSR count). The topological polar surface area (TPSA) is 133 Å². The van der Waals surface area contributed by atoms with Gasteiger partial charge in [0.15, 0.2) is 0 Å². The van der Waals surface area contributed by atoms with E-state index < -0.39 is 23.5 Å². The maximum Gasteiger partial charge on any atom is 0.348 e. The van der Waals surface area contributed by atoms with Gasteiger partial charge in [0.2, 0.25) is 12.0 Å². The number of rotatable bonds is 10. The van der Waals surface area contributed by atoms with Crippen molar-refractivity contribution in [2.45, 2.75) is 18.6 Å². The molecule has 0 aliphatic carbocycles. The van der Waals surface area contributed by atoms with E-state index in [0.717, 1.165) is 0 Å². The molecule has 10 heteroatoms. The number of carbonyl (C=O) groups excluding carboxylic acids is 1. The Hall–Kier alpha value is -4.99. The van der Waals surface area contributed by atoms with Gasteiger partial charge >= 0.3 is 12.0 Å². The predicted molar refractivity (Wildman–Crippen MR) is 137 cm³/mol. The third kappa shape index (κ3) is 5.24. The SMILES string of the molecule is COc1ccc(C(=O)NC(c2ccccc2)(c2ccccc2)C(Oc2nnc(C)c(OC)n2)C(=O)O)cc1. The third-order valence-corrected chi connectivity index (χ3v) is 5.95. The van der Waals surface area contributed by atoms with Gasteiger partial charge in [0.25, 0.3) is 5.91 Å². The van der Waals surface area contributed by atoms with E-state index >= 15 is 0 Å². The molecule has 1 unspecified atom stereocenters. The van der Waals surface area contributed by atoms with E-state index in [1.54, 1.807) is 91.9 Å². The number of amides is 1. The Kier molecular flexibility index (Phi) is 7.81. The van der Waals surface area contributed by atoms with Crippen LogP contribution in [0.5, 0.6) is 17.6 Å². The van der Waals surface area contributed by atoms with Crippen molar-refractivity contribution < 1.29 is 28.9 Å². The van der Waals surface area contributed by atoms with E-state index in [0.29, 0.717) is 28.1 Å². The average molecular weight is 515 g/mol. The number of nitrogens with zero attached hydrogens (tertiary/aromatic N) is 3. The summed E-state index contributed by atoms with van der Waals surface area (Å²) in [6.45, 7) is 1.64. The molecule has 0 aliphatic rings. The first-order chi connectivity index (χ1) is 18.4. The molecule has 194 valence electrons. The fourth-order valence-electron chi connectivity index (χ4n) is 4.10. The van der Waals surface area contributed by atoms with Crippen LogP contribution < -0.4 is 19.5 Å². The van der Waals surface area contributed by atoms with Crippen molar-refractivity contribution in [3.8, 4) is 17.6 Å². The smallest absolute Gasteiger partial charge is 0.348 e. The normalized spacial score (nSPS) is 11.8. The Balaban J connectivity index is 1.91. The molecule has 0 saturated heterocycles. The van der Waals surface area contributed by atoms with Crippen LogP contribution in [0.1, 0.15) is 27.2 Å². The molecule has 0 spiro atoms. The highest BCUT2D eigenvalue weighted by atomic mass is 16.5. The van der Waals surface area contributed by atoms with Gasteiger partial charge in [0, 0.05) is 5.56 Å². The van der Waals surface area contributed by atoms with Crippen LogP contribution in [0.25, 0.3) is 0 Å². The number of carboxylic acids is 1. The second kappa shape index (κ2) is 11.4. The van der Waals surface area contributed by atoms with Crippen LogP contribution in [0.3, 0.4) is 0 Å². The maximum absolute atomic E-state index is 13.7. The van der Waals surface area contributed by atoms with E-state index in [1.165, 1.54) is 14.2 Å². The minimum Gasteiger partial charge on any atom is -0.497 e. The largest absolute Gasteiger partial charge is 0.497 e. The zero-order valence-corrected chi connectivity index (χ0v) is 21.0. The van der Waals surface area contributed by atoms with Crippen molar-refractivity contribution in [2.24, 2.45) is 0 Å². The molecular weight excluding hydrogens is 488 g/mol. The molecule has 2 N–H and O–H groups in total. The number of aliphatic carboxylic acids is 1. The summed E-state index contributed by atoms with van der Waals surface area (Å²) in [5.74, 6) is -1.19. The van der Waals surface area contributed by atoms with E-state index in [4.69, 9.17) is 14.2 Å². The second-order valence-electron chi connectivity index (χ2n) is 8.25. The fourth-order valence-corrected chi connectivity index (χ4v) is 4.10. The van der Waals surface area contributed by atoms with Crippen molar-refractivity contribution in [1.29, 1.82) is 0 Å². The summed E-state index contributed by atoms with van der Waals surface area (Å²) >= 11 is 0. The maximum atomic E-state index is 13.7. The van der Waals surface area contributed by atoms with Gasteiger partial charge in [-0.2, -0.15) is 4.98 Å². The van der Waals surface area contributed by atoms with E-state index in [2.05, 4.69) is 20.5 Å². The van der Waals surface area contributed by atoms with Gasteiger partial charge in [-0.25, -0.2) is 4.79 Å². The number of carbonyl (C=O) groups is 2. The number of carboxylic acid groups (broad SMARTS) is 1. The van der Waals surface area contributed by atoms with Gasteiger partial charge in [0.1, 0.15) is 17.0 Å². The van der Waals surface area contributed by atoms with Crippen molar-refractivity contribution in [1.82, 2.24) is 20.5 Å². The first kappa shape index (κ1) is 26.1. The van der Waals surface area contributed by atoms with Gasteiger partial charge < -0.3 is 24.6 Å². The van der Waals surface area contributed by atoms with Crippen molar-refractivity contribution in [2.75, 3.05) is 14.2 Å². The summed E-state index contributed by atoms with van der Waals surface area (Å²) in [4.78, 5) is 30.7. The van der Waals surface area contributed by atoms with Crippen molar-refractivity contribution >= 4 is 11.9 Å². The van der Waals surface area contributed by atoms with Gasteiger partial charge in [-0.3, -0.25) is 4.79 Å². The highest BCUT2D eigenvalue weighted by Gasteiger charge is 2.50. The molecule has 0 bridgehead atoms. The summed E-state index contributed by atoms with van der Waals surface area (Å²) in [6.07, 6.45) is -1.72. The minimum atomic E-state index is -1.72. The first-order valence-electron chi connectivity index (χ1n) is 11.6. The molecule has 0 fully saturated rings. The molecule has 1 amide bonds. The van der Waals surface area contributed by atoms with Crippen LogP contribution in [0.4, 0.5) is 0 Å². The highest BCUT2D eigenvalue weighted by Crippen LogP contribution is 2.36. The van der Waals surface area contributed by atoms with Crippen molar-refractivity contribution in [3.63, 3.8) is 0 Å². The summed E-state index contributed by atoms with van der Waals surface area (Å²) in [7, 11) is 2.93. The molecule has 0 radical (unpaired) electrons. The number of ether oxygens (including phenoxy) is 3. The number of hydrogen-bond donors (Lipinski definition) is 2. The number of aryl methyl sites for hydroxylation is 1. The lowest BCUT2D eigenvalue weighted by Gasteiger charge is -2.39. The molecule has 3 aromatic carbocycles. The first-order valence-corrected chi connectivity index (χ1v) is 11.6. The predicted octanol–water partition coefficient (Wildman–Crippen LogP) is 3.40. The van der Waals surface area contributed by atoms with Crippen LogP contribution in [-0.4, -0.2) is 52.5 Å². The van der Waals surface area contributed by atoms with Crippen LogP contribution >= 0.6 is 0 Å². The van der Waals surface area contributed by atoms with Gasteiger partial charge in [0.05, 0.1) is 14.2 Å². The summed E-state index contributed by atoms with van der Waals surface area (Å²) in [5, 5.41) is 21.4. The highest BCUT2D eigenvalue weighted by molar-refractivity contribution is 5.96. The molecule has 0 aliphatic heterocycles. The molecule has 4 aromatic rings. The van der Waals surface area contributed by atoms with E-state index in [1.807, 2.05) is 0 Å². The average Bonchev–Trinajstić information content (AvgIpc) is 2.96. The van der Waals surface area contributed by atoms with E-state index in [9.17, 15) is 14.7 Å². The lowest BCUT2D eigenvalue weighted by Crippen LogP contribution is -2.60. The Labute approximate surface area is 219 Å². The molecule has 1 aromatic heterocycles. The number of methoxy groups -OCH3 is 2. The summed E-state index contributed by atoms with van der Waals surface area (Å²) < 4.78 is 16.3. The quantitative estimate of drug-likeness (QED) is 0.327. The van der Waals surface area contributed by atoms with Gasteiger partial charge in [-0.1, -0.05) is 65.8 Å². The van der Waals surface area contributed by atoms with Crippen molar-refractivity contribution in [3.05, 3.63) is 107 Å². The third-order valence-electron chi connectivity index (χ3n) is 5.95.